The molecule has 1 saturated carbocycles. The van der Waals surface area contributed by atoms with E-state index in [-0.39, 0.29) is 0 Å². The molecule has 1 aliphatic rings. The maximum absolute atomic E-state index is 6.34. The van der Waals surface area contributed by atoms with Crippen LogP contribution in [0.25, 0.3) is 0 Å². The zero-order chi connectivity index (χ0) is 13.8. The SMILES string of the molecule is CC1CCCC(N(C)Cc2ccc(CN)cc2Cl)C1. The van der Waals surface area contributed by atoms with E-state index >= 15 is 0 Å². The molecule has 2 atom stereocenters. The molecule has 0 aromatic heterocycles. The van der Waals surface area contributed by atoms with E-state index in [0.717, 1.165) is 23.0 Å². The molecule has 1 aromatic rings. The van der Waals surface area contributed by atoms with Gasteiger partial charge in [0.25, 0.3) is 0 Å². The third-order valence-electron chi connectivity index (χ3n) is 4.30. The topological polar surface area (TPSA) is 29.3 Å². The number of nitrogens with zero attached hydrogens (tertiary/aromatic N) is 1. The second-order valence-corrected chi connectivity index (χ2v) is 6.38. The second kappa shape index (κ2) is 6.74. The Morgan fingerprint density at radius 1 is 1.37 bits per heavy atom. The lowest BCUT2D eigenvalue weighted by Gasteiger charge is -2.34. The summed E-state index contributed by atoms with van der Waals surface area (Å²) < 4.78 is 0. The average molecular weight is 281 g/mol. The van der Waals surface area contributed by atoms with Gasteiger partial charge in [0.1, 0.15) is 0 Å². The molecule has 106 valence electrons. The molecule has 0 aliphatic heterocycles. The number of rotatable bonds is 4. The van der Waals surface area contributed by atoms with Crippen molar-refractivity contribution in [1.29, 1.82) is 0 Å². The molecule has 1 aliphatic carbocycles. The van der Waals surface area contributed by atoms with Crippen molar-refractivity contribution in [2.24, 2.45) is 11.7 Å². The Morgan fingerprint density at radius 3 is 2.79 bits per heavy atom. The molecule has 0 radical (unpaired) electrons. The first-order chi connectivity index (χ1) is 9.10. The summed E-state index contributed by atoms with van der Waals surface area (Å²) in [6.07, 6.45) is 5.38. The number of hydrogen-bond acceptors (Lipinski definition) is 2. The fraction of sp³-hybridized carbons (Fsp3) is 0.625. The third-order valence-corrected chi connectivity index (χ3v) is 4.66. The van der Waals surface area contributed by atoms with E-state index in [1.165, 1.54) is 31.2 Å². The summed E-state index contributed by atoms with van der Waals surface area (Å²) in [5.41, 5.74) is 7.94. The van der Waals surface area contributed by atoms with Crippen LogP contribution in [-0.4, -0.2) is 18.0 Å². The van der Waals surface area contributed by atoms with Crippen molar-refractivity contribution < 1.29 is 0 Å². The Kier molecular flexibility index (Phi) is 5.26. The fourth-order valence-corrected chi connectivity index (χ4v) is 3.31. The van der Waals surface area contributed by atoms with E-state index < -0.39 is 0 Å². The molecular weight excluding hydrogens is 256 g/mol. The Morgan fingerprint density at radius 2 is 2.16 bits per heavy atom. The van der Waals surface area contributed by atoms with E-state index in [4.69, 9.17) is 17.3 Å². The summed E-state index contributed by atoms with van der Waals surface area (Å²) in [6.45, 7) is 3.85. The molecule has 3 heteroatoms. The largest absolute Gasteiger partial charge is 0.326 e. The predicted molar refractivity (Wildman–Crippen MR) is 82.2 cm³/mol. The van der Waals surface area contributed by atoms with Crippen LogP contribution in [0.3, 0.4) is 0 Å². The van der Waals surface area contributed by atoms with Crippen molar-refractivity contribution in [3.63, 3.8) is 0 Å². The van der Waals surface area contributed by atoms with Gasteiger partial charge in [-0.3, -0.25) is 4.90 Å². The third kappa shape index (κ3) is 3.95. The van der Waals surface area contributed by atoms with Gasteiger partial charge < -0.3 is 5.73 Å². The van der Waals surface area contributed by atoms with E-state index in [1.54, 1.807) is 0 Å². The molecule has 1 aromatic carbocycles. The number of benzene rings is 1. The molecule has 0 heterocycles. The van der Waals surface area contributed by atoms with Gasteiger partial charge in [0.2, 0.25) is 0 Å². The minimum atomic E-state index is 0.552. The van der Waals surface area contributed by atoms with Crippen molar-refractivity contribution in [3.8, 4) is 0 Å². The molecule has 0 spiro atoms. The van der Waals surface area contributed by atoms with Crippen molar-refractivity contribution >= 4 is 11.6 Å². The lowest BCUT2D eigenvalue weighted by molar-refractivity contribution is 0.158. The quantitative estimate of drug-likeness (QED) is 0.909. The number of nitrogens with two attached hydrogens (primary N) is 1. The monoisotopic (exact) mass is 280 g/mol. The molecular formula is C16H25ClN2. The summed E-state index contributed by atoms with van der Waals surface area (Å²) >= 11 is 6.34. The van der Waals surface area contributed by atoms with E-state index in [2.05, 4.69) is 31.0 Å². The van der Waals surface area contributed by atoms with Crippen LogP contribution in [0.15, 0.2) is 18.2 Å². The minimum Gasteiger partial charge on any atom is -0.326 e. The summed E-state index contributed by atoms with van der Waals surface area (Å²) in [4.78, 5) is 2.46. The Labute approximate surface area is 121 Å². The highest BCUT2D eigenvalue weighted by atomic mass is 35.5. The van der Waals surface area contributed by atoms with Gasteiger partial charge >= 0.3 is 0 Å². The first-order valence-electron chi connectivity index (χ1n) is 7.27. The first-order valence-corrected chi connectivity index (χ1v) is 7.65. The van der Waals surface area contributed by atoms with Crippen molar-refractivity contribution in [2.45, 2.75) is 51.7 Å². The van der Waals surface area contributed by atoms with E-state index in [1.807, 2.05) is 6.07 Å². The predicted octanol–water partition coefficient (Wildman–Crippen LogP) is 3.81. The summed E-state index contributed by atoms with van der Waals surface area (Å²) in [6, 6.07) is 6.90. The van der Waals surface area contributed by atoms with E-state index in [9.17, 15) is 0 Å². The summed E-state index contributed by atoms with van der Waals surface area (Å²) in [7, 11) is 2.22. The van der Waals surface area contributed by atoms with Gasteiger partial charge in [0.15, 0.2) is 0 Å². The zero-order valence-electron chi connectivity index (χ0n) is 12.0. The molecule has 2 unspecified atom stereocenters. The summed E-state index contributed by atoms with van der Waals surface area (Å²) in [5, 5.41) is 0.846. The number of halogens is 1. The van der Waals surface area contributed by atoms with Gasteiger partial charge in [-0.2, -0.15) is 0 Å². The van der Waals surface area contributed by atoms with Crippen molar-refractivity contribution in [3.05, 3.63) is 34.3 Å². The van der Waals surface area contributed by atoms with Crippen LogP contribution in [0.2, 0.25) is 5.02 Å². The van der Waals surface area contributed by atoms with Gasteiger partial charge in [-0.15, -0.1) is 0 Å². The average Bonchev–Trinajstić information content (AvgIpc) is 2.41. The molecule has 2 N–H and O–H groups in total. The molecule has 0 bridgehead atoms. The van der Waals surface area contributed by atoms with Crippen LogP contribution >= 0.6 is 11.6 Å². The van der Waals surface area contributed by atoms with Crippen LogP contribution in [0.1, 0.15) is 43.7 Å². The lowest BCUT2D eigenvalue weighted by Crippen LogP contribution is -2.35. The standard InChI is InChI=1S/C16H25ClN2/c1-12-4-3-5-15(8-12)19(2)11-14-7-6-13(10-18)9-16(14)17/h6-7,9,12,15H,3-5,8,10-11,18H2,1-2H3. The van der Waals surface area contributed by atoms with Crippen molar-refractivity contribution in [2.75, 3.05) is 7.05 Å². The normalized spacial score (nSPS) is 23.8. The molecule has 19 heavy (non-hydrogen) atoms. The molecule has 0 amide bonds. The molecule has 2 rings (SSSR count). The smallest absolute Gasteiger partial charge is 0.0454 e. The Hall–Kier alpha value is -0.570. The highest BCUT2D eigenvalue weighted by Crippen LogP contribution is 2.28. The van der Waals surface area contributed by atoms with Gasteiger partial charge in [-0.05, 0) is 43.0 Å². The highest BCUT2D eigenvalue weighted by Gasteiger charge is 2.22. The molecule has 2 nitrogen and oxygen atoms in total. The van der Waals surface area contributed by atoms with Gasteiger partial charge in [0.05, 0.1) is 0 Å². The van der Waals surface area contributed by atoms with Gasteiger partial charge in [-0.1, -0.05) is 43.5 Å². The number of hydrogen-bond donors (Lipinski definition) is 1. The zero-order valence-corrected chi connectivity index (χ0v) is 12.8. The first kappa shape index (κ1) is 14.8. The Balaban J connectivity index is 2.00. The lowest BCUT2D eigenvalue weighted by atomic mass is 9.86. The van der Waals surface area contributed by atoms with Gasteiger partial charge in [0, 0.05) is 24.2 Å². The van der Waals surface area contributed by atoms with Gasteiger partial charge in [-0.25, -0.2) is 0 Å². The van der Waals surface area contributed by atoms with Crippen LogP contribution in [-0.2, 0) is 13.1 Å². The minimum absolute atomic E-state index is 0.552. The molecule has 0 saturated heterocycles. The maximum atomic E-state index is 6.34. The second-order valence-electron chi connectivity index (χ2n) is 5.97. The molecule has 1 fully saturated rings. The van der Waals surface area contributed by atoms with Crippen LogP contribution in [0.5, 0.6) is 0 Å². The fourth-order valence-electron chi connectivity index (χ4n) is 3.05. The van der Waals surface area contributed by atoms with Crippen LogP contribution in [0, 0.1) is 5.92 Å². The van der Waals surface area contributed by atoms with E-state index in [0.29, 0.717) is 12.6 Å². The maximum Gasteiger partial charge on any atom is 0.0454 e. The van der Waals surface area contributed by atoms with Crippen LogP contribution in [0.4, 0.5) is 0 Å². The van der Waals surface area contributed by atoms with Crippen molar-refractivity contribution in [1.82, 2.24) is 4.90 Å². The highest BCUT2D eigenvalue weighted by molar-refractivity contribution is 6.31. The van der Waals surface area contributed by atoms with Crippen LogP contribution < -0.4 is 5.73 Å². The Bertz CT molecular complexity index is 419. The summed E-state index contributed by atoms with van der Waals surface area (Å²) in [5.74, 6) is 0.858.